The summed E-state index contributed by atoms with van der Waals surface area (Å²) in [5.41, 5.74) is 15.3. The van der Waals surface area contributed by atoms with E-state index >= 15 is 0 Å². The Morgan fingerprint density at radius 1 is 0.654 bits per heavy atom. The molecule has 12 heteroatoms. The highest BCUT2D eigenvalue weighted by atomic mass is 19.4. The van der Waals surface area contributed by atoms with Gasteiger partial charge in [0.2, 0.25) is 0 Å². The average molecular weight is 384 g/mol. The van der Waals surface area contributed by atoms with Gasteiger partial charge in [0.25, 0.3) is 0 Å². The second-order valence-electron chi connectivity index (χ2n) is 4.55. The minimum atomic E-state index is -4.70. The van der Waals surface area contributed by atoms with Crippen LogP contribution in [0.3, 0.4) is 0 Å². The molecule has 144 valence electrons. The van der Waals surface area contributed by atoms with Gasteiger partial charge >= 0.3 is 12.7 Å². The van der Waals surface area contributed by atoms with Gasteiger partial charge in [-0.1, -0.05) is 6.07 Å². The Balaban J connectivity index is 0.000000260. The number of anilines is 4. The number of nitrogens with one attached hydrogen (secondary N) is 2. The van der Waals surface area contributed by atoms with Crippen LogP contribution in [0.15, 0.2) is 48.5 Å². The zero-order chi connectivity index (χ0) is 19.8. The normalized spacial score (nSPS) is 11.3. The van der Waals surface area contributed by atoms with E-state index in [9.17, 15) is 26.3 Å². The van der Waals surface area contributed by atoms with Crippen LogP contribution in [0.1, 0.15) is 0 Å². The number of hydrogen-bond acceptors (Lipinski definition) is 6. The van der Waals surface area contributed by atoms with Crippen molar-refractivity contribution in [3.05, 3.63) is 48.5 Å². The lowest BCUT2D eigenvalue weighted by Crippen LogP contribution is -2.17. The van der Waals surface area contributed by atoms with Crippen LogP contribution in [0, 0.1) is 0 Å². The summed E-state index contributed by atoms with van der Waals surface area (Å²) in [4.78, 5) is 6.73. The molecule has 6 N–H and O–H groups in total. The van der Waals surface area contributed by atoms with Crippen molar-refractivity contribution in [1.82, 2.24) is 0 Å². The third-order valence-corrected chi connectivity index (χ3v) is 2.37. The first-order valence-electron chi connectivity index (χ1n) is 6.67. The molecule has 2 aromatic rings. The van der Waals surface area contributed by atoms with Gasteiger partial charge in [0.1, 0.15) is 0 Å². The molecular weight excluding hydrogens is 370 g/mol. The van der Waals surface area contributed by atoms with Crippen molar-refractivity contribution in [1.29, 1.82) is 0 Å². The quantitative estimate of drug-likeness (QED) is 0.357. The monoisotopic (exact) mass is 384 g/mol. The van der Waals surface area contributed by atoms with Crippen LogP contribution in [0.5, 0.6) is 0 Å². The Morgan fingerprint density at radius 2 is 1.15 bits per heavy atom. The zero-order valence-electron chi connectivity index (χ0n) is 12.9. The third-order valence-electron chi connectivity index (χ3n) is 2.37. The SMILES string of the molecule is Nc1ccc(NOC(F)(F)F)cc1.Nc1cccc(NOC(F)(F)F)c1. The lowest BCUT2D eigenvalue weighted by Gasteiger charge is -2.08. The molecule has 2 aromatic carbocycles. The van der Waals surface area contributed by atoms with Gasteiger partial charge in [0.15, 0.2) is 0 Å². The summed E-state index contributed by atoms with van der Waals surface area (Å²) in [5.74, 6) is 0. The topological polar surface area (TPSA) is 94.6 Å². The van der Waals surface area contributed by atoms with E-state index in [2.05, 4.69) is 9.68 Å². The molecule has 0 atom stereocenters. The Kier molecular flexibility index (Phi) is 7.34. The van der Waals surface area contributed by atoms with Crippen LogP contribution in [-0.2, 0) is 9.68 Å². The average Bonchev–Trinajstić information content (AvgIpc) is 2.52. The standard InChI is InChI=1S/2C7H7F3N2O/c8-7(9,10)13-12-6-3-1-5(11)2-4-6;8-7(9,10)13-12-6-3-1-2-5(11)4-6/h2*1-4,12H,11H2. The first kappa shape index (κ1) is 21.2. The summed E-state index contributed by atoms with van der Waals surface area (Å²) < 4.78 is 69.1. The molecule has 0 spiro atoms. The Morgan fingerprint density at radius 3 is 1.62 bits per heavy atom. The Labute approximate surface area is 143 Å². The molecule has 0 radical (unpaired) electrons. The number of nitrogens with two attached hydrogens (primary N) is 2. The largest absolute Gasteiger partial charge is 0.543 e. The van der Waals surface area contributed by atoms with Crippen LogP contribution in [0.4, 0.5) is 49.1 Å². The highest BCUT2D eigenvalue weighted by Crippen LogP contribution is 2.19. The number of halogens is 6. The summed E-state index contributed by atoms with van der Waals surface area (Å²) in [6.07, 6.45) is -9.40. The molecular formula is C14H14F6N4O2. The molecule has 2 rings (SSSR count). The maximum atomic E-state index is 11.5. The van der Waals surface area contributed by atoms with E-state index in [0.717, 1.165) is 0 Å². The van der Waals surface area contributed by atoms with Gasteiger partial charge in [-0.3, -0.25) is 11.0 Å². The van der Waals surface area contributed by atoms with E-state index < -0.39 is 12.7 Å². The van der Waals surface area contributed by atoms with Crippen LogP contribution >= 0.6 is 0 Å². The molecule has 0 heterocycles. The van der Waals surface area contributed by atoms with Gasteiger partial charge in [-0.05, 0) is 42.5 Å². The highest BCUT2D eigenvalue weighted by molar-refractivity contribution is 5.53. The molecule has 0 aliphatic heterocycles. The lowest BCUT2D eigenvalue weighted by molar-refractivity contribution is -0.312. The van der Waals surface area contributed by atoms with E-state index in [1.165, 1.54) is 42.5 Å². The Bertz CT molecular complexity index is 676. The van der Waals surface area contributed by atoms with Gasteiger partial charge in [0, 0.05) is 11.4 Å². The second kappa shape index (κ2) is 9.01. The zero-order valence-corrected chi connectivity index (χ0v) is 12.9. The highest BCUT2D eigenvalue weighted by Gasteiger charge is 2.30. The number of rotatable bonds is 4. The number of alkyl halides is 6. The van der Waals surface area contributed by atoms with Crippen molar-refractivity contribution >= 4 is 22.7 Å². The summed E-state index contributed by atoms with van der Waals surface area (Å²) in [7, 11) is 0. The summed E-state index contributed by atoms with van der Waals surface area (Å²) in [5, 5.41) is 0. The van der Waals surface area contributed by atoms with Crippen molar-refractivity contribution in [3.63, 3.8) is 0 Å². The second-order valence-corrected chi connectivity index (χ2v) is 4.55. The van der Waals surface area contributed by atoms with Gasteiger partial charge < -0.3 is 11.5 Å². The van der Waals surface area contributed by atoms with Crippen LogP contribution in [-0.4, -0.2) is 12.7 Å². The maximum Gasteiger partial charge on any atom is 0.543 e. The van der Waals surface area contributed by atoms with E-state index in [1.54, 1.807) is 17.0 Å². The molecule has 0 bridgehead atoms. The fraction of sp³-hybridized carbons (Fsp3) is 0.143. The van der Waals surface area contributed by atoms with E-state index in [0.29, 0.717) is 11.4 Å². The maximum absolute atomic E-state index is 11.5. The fourth-order valence-corrected chi connectivity index (χ4v) is 1.39. The molecule has 0 saturated heterocycles. The molecule has 0 aromatic heterocycles. The van der Waals surface area contributed by atoms with E-state index in [4.69, 9.17) is 11.5 Å². The smallest absolute Gasteiger partial charge is 0.399 e. The third kappa shape index (κ3) is 10.1. The van der Waals surface area contributed by atoms with E-state index in [1.807, 2.05) is 0 Å². The minimum Gasteiger partial charge on any atom is -0.399 e. The van der Waals surface area contributed by atoms with Gasteiger partial charge in [-0.2, -0.15) is 9.68 Å². The van der Waals surface area contributed by atoms with Crippen LogP contribution in [0.2, 0.25) is 0 Å². The number of benzene rings is 2. The van der Waals surface area contributed by atoms with Crippen molar-refractivity contribution in [2.24, 2.45) is 0 Å². The van der Waals surface area contributed by atoms with Gasteiger partial charge in [-0.15, -0.1) is 26.3 Å². The molecule has 26 heavy (non-hydrogen) atoms. The molecule has 6 nitrogen and oxygen atoms in total. The predicted octanol–water partition coefficient (Wildman–Crippen LogP) is 4.26. The summed E-state index contributed by atoms with van der Waals surface area (Å²) in [6, 6.07) is 11.5. The number of nitrogen functional groups attached to an aromatic ring is 2. The summed E-state index contributed by atoms with van der Waals surface area (Å²) in [6.45, 7) is 0. The molecule has 0 unspecified atom stereocenters. The number of hydrogen-bond donors (Lipinski definition) is 4. The molecule has 0 amide bonds. The summed E-state index contributed by atoms with van der Waals surface area (Å²) >= 11 is 0. The molecule has 0 fully saturated rings. The molecule has 0 aliphatic carbocycles. The van der Waals surface area contributed by atoms with Gasteiger partial charge in [-0.25, -0.2) is 0 Å². The Hall–Kier alpha value is -2.86. The predicted molar refractivity (Wildman–Crippen MR) is 83.2 cm³/mol. The van der Waals surface area contributed by atoms with Gasteiger partial charge in [0.05, 0.1) is 11.4 Å². The fourth-order valence-electron chi connectivity index (χ4n) is 1.39. The van der Waals surface area contributed by atoms with Crippen molar-refractivity contribution in [3.8, 4) is 0 Å². The molecule has 0 aliphatic rings. The van der Waals surface area contributed by atoms with E-state index in [-0.39, 0.29) is 11.4 Å². The van der Waals surface area contributed by atoms with Crippen LogP contribution in [0.25, 0.3) is 0 Å². The van der Waals surface area contributed by atoms with Crippen molar-refractivity contribution in [2.45, 2.75) is 12.7 Å². The van der Waals surface area contributed by atoms with Crippen molar-refractivity contribution < 1.29 is 36.0 Å². The first-order chi connectivity index (χ1) is 11.9. The lowest BCUT2D eigenvalue weighted by atomic mass is 10.3. The molecule has 0 saturated carbocycles. The first-order valence-corrected chi connectivity index (χ1v) is 6.67. The van der Waals surface area contributed by atoms with Crippen LogP contribution < -0.4 is 22.4 Å². The minimum absolute atomic E-state index is 0.150. The van der Waals surface area contributed by atoms with Crippen molar-refractivity contribution in [2.75, 3.05) is 22.4 Å².